The van der Waals surface area contributed by atoms with E-state index in [-0.39, 0.29) is 21.7 Å². The zero-order valence-electron chi connectivity index (χ0n) is 55.6. The number of halogens is 1. The van der Waals surface area contributed by atoms with E-state index in [0.29, 0.717) is 5.75 Å². The van der Waals surface area contributed by atoms with Gasteiger partial charge in [-0.25, -0.2) is 0 Å². The maximum absolute atomic E-state index is 8.92. The lowest BCUT2D eigenvalue weighted by molar-refractivity contribution is -0.401. The van der Waals surface area contributed by atoms with E-state index in [1.165, 1.54) is 90.1 Å². The zero-order valence-corrected chi connectivity index (χ0v) is 56.4. The number of rotatable bonds is 10. The van der Waals surface area contributed by atoms with Gasteiger partial charge in [-0.05, 0) is 179 Å². The number of fused-ring (bicyclic) bond motifs is 4. The number of nitrogens with zero attached hydrogens (tertiary/aromatic N) is 6. The lowest BCUT2D eigenvalue weighted by atomic mass is 9.81. The Morgan fingerprint density at radius 2 is 0.854 bits per heavy atom. The van der Waals surface area contributed by atoms with Crippen molar-refractivity contribution in [1.29, 1.82) is 0 Å². The van der Waals surface area contributed by atoms with Gasteiger partial charge in [0.2, 0.25) is 11.4 Å². The molecule has 2 aliphatic carbocycles. The predicted molar refractivity (Wildman–Crippen MR) is 378 cm³/mol. The lowest BCUT2D eigenvalue weighted by Gasteiger charge is -2.25. The normalized spacial score (nSPS) is 20.3. The maximum atomic E-state index is 8.92. The fraction of sp³-hybridized carbons (Fsp3) is 0.325. The summed E-state index contributed by atoms with van der Waals surface area (Å²) in [7, 11) is 16.8. The number of para-hydroxylation sites is 4. The van der Waals surface area contributed by atoms with E-state index in [0.717, 1.165) is 66.4 Å². The van der Waals surface area contributed by atoms with E-state index in [1.807, 2.05) is 31.1 Å². The van der Waals surface area contributed by atoms with Crippen LogP contribution in [-0.2, 0) is 21.7 Å². The minimum Gasteiger partial charge on any atom is -0.508 e. The number of hydrogen-bond acceptors (Lipinski definition) is 6. The molecule has 0 atom stereocenters. The third kappa shape index (κ3) is 12.6. The summed E-state index contributed by atoms with van der Waals surface area (Å²) in [4.78, 5) is 8.76. The average Bonchev–Trinajstić information content (AvgIpc) is 1.74. The Bertz CT molecular complexity index is 4000. The van der Waals surface area contributed by atoms with E-state index in [4.69, 9.17) is 21.4 Å². The molecule has 0 radical (unpaired) electrons. The van der Waals surface area contributed by atoms with Crippen molar-refractivity contribution in [2.75, 3.05) is 76.0 Å². The molecule has 6 aromatic rings. The molecular formula is C80H93ClN6O2+2. The number of anilines is 4. The summed E-state index contributed by atoms with van der Waals surface area (Å²) >= 11 is 7.01. The summed E-state index contributed by atoms with van der Waals surface area (Å²) in [6.45, 7) is 18.5. The van der Waals surface area contributed by atoms with Gasteiger partial charge in [-0.2, -0.15) is 9.15 Å². The van der Waals surface area contributed by atoms with Crippen LogP contribution in [0.3, 0.4) is 0 Å². The summed E-state index contributed by atoms with van der Waals surface area (Å²) in [5, 5.41) is 9.83. The fourth-order valence-corrected chi connectivity index (χ4v) is 14.5. The van der Waals surface area contributed by atoms with Crippen molar-refractivity contribution in [3.63, 3.8) is 0 Å². The van der Waals surface area contributed by atoms with Gasteiger partial charge < -0.3 is 29.4 Å². The average molecular weight is 1210 g/mol. The highest BCUT2D eigenvalue weighted by Crippen LogP contribution is 2.49. The Morgan fingerprint density at radius 1 is 0.461 bits per heavy atom. The number of phenolic OH excluding ortho intramolecular Hbond substituents is 1. The first-order valence-electron chi connectivity index (χ1n) is 31.6. The van der Waals surface area contributed by atoms with Crippen molar-refractivity contribution in [3.05, 3.63) is 261 Å². The van der Waals surface area contributed by atoms with Crippen LogP contribution in [0.25, 0.3) is 0 Å². The molecule has 0 aromatic heterocycles. The molecule has 89 heavy (non-hydrogen) atoms. The van der Waals surface area contributed by atoms with Crippen LogP contribution in [0.2, 0.25) is 0 Å². The topological polar surface area (TPSA) is 48.4 Å². The second kappa shape index (κ2) is 25.6. The Balaban J connectivity index is 0.000000173. The van der Waals surface area contributed by atoms with Gasteiger partial charge >= 0.3 is 0 Å². The molecule has 6 aromatic carbocycles. The molecule has 8 nitrogen and oxygen atoms in total. The molecule has 4 heterocycles. The van der Waals surface area contributed by atoms with Crippen molar-refractivity contribution < 1.29 is 19.0 Å². The molecule has 0 unspecified atom stereocenters. The molecule has 0 bridgehead atoms. The highest BCUT2D eigenvalue weighted by molar-refractivity contribution is 6.32. The van der Waals surface area contributed by atoms with Gasteiger partial charge in [0.15, 0.2) is 11.4 Å². The second-order valence-corrected chi connectivity index (χ2v) is 27.4. The summed E-state index contributed by atoms with van der Waals surface area (Å²) in [6.07, 6.45) is 24.5. The number of ether oxygens (including phenoxy) is 1. The molecule has 0 fully saturated rings. The van der Waals surface area contributed by atoms with E-state index >= 15 is 0 Å². The maximum Gasteiger partial charge on any atom is 0.209 e. The quantitative estimate of drug-likeness (QED) is 0.138. The summed E-state index contributed by atoms with van der Waals surface area (Å²) < 4.78 is 11.5. The Labute approximate surface area is 537 Å². The van der Waals surface area contributed by atoms with Crippen LogP contribution in [0.5, 0.6) is 11.5 Å². The van der Waals surface area contributed by atoms with Crippen molar-refractivity contribution in [1.82, 2.24) is 0 Å². The molecular weight excluding hydrogens is 1110 g/mol. The Kier molecular flexibility index (Phi) is 18.3. The number of hydrogen-bond donors (Lipinski definition) is 1. The number of benzene rings is 6. The summed E-state index contributed by atoms with van der Waals surface area (Å²) in [5.74, 6) is 2.15. The van der Waals surface area contributed by atoms with Crippen LogP contribution in [0.1, 0.15) is 116 Å². The number of phenols is 1. The van der Waals surface area contributed by atoms with Gasteiger partial charge in [0.05, 0.1) is 10.8 Å². The SMILES string of the molecule is CN(C)c1ccc(O)cc1.CN(C)c1ccc(OC2=C(/C=C/C3=[N+](C)c4ccccc4C3(C)C)CCC/C2=C\C=C2\N(C)c3ccccc3C2(C)C)cc1.CN1C(=CC=C2CCCC(C=CC3=[N+](C)c4ccccc4C3(C)C)=C2Cl)C(C)(C)c2ccccc21. The molecule has 9 heteroatoms. The smallest absolute Gasteiger partial charge is 0.209 e. The van der Waals surface area contributed by atoms with Gasteiger partial charge in [-0.15, -0.1) is 0 Å². The van der Waals surface area contributed by atoms with Crippen molar-refractivity contribution in [2.24, 2.45) is 0 Å². The third-order valence-electron chi connectivity index (χ3n) is 19.4. The molecule has 6 aliphatic rings. The highest BCUT2D eigenvalue weighted by atomic mass is 35.5. The van der Waals surface area contributed by atoms with Crippen LogP contribution < -0.4 is 24.3 Å². The Morgan fingerprint density at radius 3 is 1.30 bits per heavy atom. The minimum absolute atomic E-state index is 0.0275. The van der Waals surface area contributed by atoms with Crippen molar-refractivity contribution in [3.8, 4) is 11.5 Å². The first-order chi connectivity index (χ1) is 42.3. The first-order valence-corrected chi connectivity index (χ1v) is 32.0. The number of aromatic hydroxyl groups is 1. The van der Waals surface area contributed by atoms with Crippen molar-refractivity contribution >= 4 is 57.1 Å². The molecule has 0 saturated heterocycles. The van der Waals surface area contributed by atoms with E-state index in [1.54, 1.807) is 12.1 Å². The molecule has 460 valence electrons. The molecule has 0 saturated carbocycles. The molecule has 12 rings (SSSR count). The van der Waals surface area contributed by atoms with Gasteiger partial charge in [0.25, 0.3) is 0 Å². The number of likely N-dealkylation sites (N-methyl/N-ethyl adjacent to an activating group) is 2. The standard InChI is InChI=1S/C40H46N3O.C32H36ClN2.C8H11NO/c1-39(2)32-16-9-11-18-34(32)42(7)36(39)26-20-28-14-13-15-29(38(28)44-31-24-22-30(23-25-31)41(5)6)21-27-37-40(3,4)33-17-10-12-19-35(33)43(37)8;1-31(2)24-14-7-9-16-26(24)34(5)28(31)20-18-22-12-11-13-23(30(22)33)19-21-29-32(3,4)25-15-8-10-17-27(25)35(29)6;1-9(2)7-3-5-8(10)6-4-7/h9-12,16-27H,13-15H2,1-8H3;7-10,14-21H,11-13H2,1-6H3;3-6,10H,1-2H3/q2*+1;. The van der Waals surface area contributed by atoms with Gasteiger partial charge in [0, 0.05) is 128 Å². The van der Waals surface area contributed by atoms with E-state index in [2.05, 4.69) is 291 Å². The zero-order chi connectivity index (χ0) is 63.7. The molecule has 1 N–H and O–H groups in total. The van der Waals surface area contributed by atoms with Crippen LogP contribution in [-0.4, -0.2) is 82.1 Å². The number of allylic oxidation sites excluding steroid dienone is 15. The molecule has 0 amide bonds. The molecule has 4 aliphatic heterocycles. The van der Waals surface area contributed by atoms with Crippen LogP contribution in [0, 0.1) is 0 Å². The largest absolute Gasteiger partial charge is 0.508 e. The highest BCUT2D eigenvalue weighted by Gasteiger charge is 2.45. The summed E-state index contributed by atoms with van der Waals surface area (Å²) in [5.41, 5.74) is 22.8. The van der Waals surface area contributed by atoms with Crippen LogP contribution in [0.4, 0.5) is 34.1 Å². The third-order valence-corrected chi connectivity index (χ3v) is 19.9. The van der Waals surface area contributed by atoms with E-state index in [9.17, 15) is 0 Å². The monoisotopic (exact) mass is 1200 g/mol. The fourth-order valence-electron chi connectivity index (χ4n) is 14.2. The molecule has 0 spiro atoms. The van der Waals surface area contributed by atoms with Crippen LogP contribution >= 0.6 is 11.6 Å². The van der Waals surface area contributed by atoms with Gasteiger partial charge in [-0.3, -0.25) is 0 Å². The Hall–Kier alpha value is -8.33. The van der Waals surface area contributed by atoms with Gasteiger partial charge in [0.1, 0.15) is 31.4 Å². The van der Waals surface area contributed by atoms with Gasteiger partial charge in [-0.1, -0.05) is 130 Å². The van der Waals surface area contributed by atoms with Crippen molar-refractivity contribution in [2.45, 2.75) is 116 Å². The predicted octanol–water partition coefficient (Wildman–Crippen LogP) is 18.7. The summed E-state index contributed by atoms with van der Waals surface area (Å²) in [6, 6.07) is 50.4. The first kappa shape index (κ1) is 63.7. The van der Waals surface area contributed by atoms with E-state index < -0.39 is 0 Å². The minimum atomic E-state index is -0.0726. The second-order valence-electron chi connectivity index (χ2n) is 27.0. The lowest BCUT2D eigenvalue weighted by Crippen LogP contribution is -2.26. The van der Waals surface area contributed by atoms with Crippen LogP contribution in [0.15, 0.2) is 239 Å².